The highest BCUT2D eigenvalue weighted by Gasteiger charge is 2.34. The zero-order chi connectivity index (χ0) is 20.9. The quantitative estimate of drug-likeness (QED) is 0.316. The first-order valence-electron chi connectivity index (χ1n) is 9.62. The molecule has 0 aliphatic carbocycles. The predicted molar refractivity (Wildman–Crippen MR) is 120 cm³/mol. The van der Waals surface area contributed by atoms with Crippen LogP contribution in [0.3, 0.4) is 0 Å². The van der Waals surface area contributed by atoms with Gasteiger partial charge in [0.05, 0.1) is 18.1 Å². The summed E-state index contributed by atoms with van der Waals surface area (Å²) in [4.78, 5) is 26.0. The number of imide groups is 1. The molecule has 2 aromatic carbocycles. The van der Waals surface area contributed by atoms with Crippen LogP contribution in [0.1, 0.15) is 12.0 Å². The number of amides is 2. The van der Waals surface area contributed by atoms with Gasteiger partial charge in [-0.1, -0.05) is 42.3 Å². The molecule has 2 amide bonds. The summed E-state index contributed by atoms with van der Waals surface area (Å²) < 4.78 is 7.94. The monoisotopic (exact) mass is 416 g/mol. The highest BCUT2D eigenvalue weighted by molar-refractivity contribution is 8.18. The summed E-state index contributed by atoms with van der Waals surface area (Å²) in [6.45, 7) is 1.38. The lowest BCUT2D eigenvalue weighted by Gasteiger charge is -2.07. The van der Waals surface area contributed by atoms with Gasteiger partial charge in [-0.05, 0) is 42.5 Å². The minimum absolute atomic E-state index is 0.00875. The van der Waals surface area contributed by atoms with Gasteiger partial charge in [0.2, 0.25) is 0 Å². The van der Waals surface area contributed by atoms with Crippen molar-refractivity contribution >= 4 is 39.9 Å². The fourth-order valence-corrected chi connectivity index (χ4v) is 4.21. The predicted octanol–water partition coefficient (Wildman–Crippen LogP) is 4.78. The van der Waals surface area contributed by atoms with E-state index < -0.39 is 0 Å². The Labute approximate surface area is 179 Å². The molecule has 30 heavy (non-hydrogen) atoms. The maximum absolute atomic E-state index is 12.5. The van der Waals surface area contributed by atoms with E-state index in [1.807, 2.05) is 54.7 Å². The molecule has 150 valence electrons. The van der Waals surface area contributed by atoms with Gasteiger partial charge in [-0.3, -0.25) is 14.5 Å². The van der Waals surface area contributed by atoms with E-state index in [0.717, 1.165) is 51.8 Å². The number of rotatable bonds is 7. The summed E-state index contributed by atoms with van der Waals surface area (Å²) in [6.07, 6.45) is 9.90. The molecule has 3 aromatic rings. The minimum atomic E-state index is -0.337. The van der Waals surface area contributed by atoms with Gasteiger partial charge in [-0.25, -0.2) is 0 Å². The van der Waals surface area contributed by atoms with E-state index in [1.165, 1.54) is 0 Å². The molecule has 0 spiro atoms. The van der Waals surface area contributed by atoms with E-state index >= 15 is 0 Å². The third kappa shape index (κ3) is 4.12. The molecule has 1 aliphatic heterocycles. The second kappa shape index (κ2) is 8.93. The number of benzene rings is 2. The Morgan fingerprint density at radius 3 is 2.63 bits per heavy atom. The highest BCUT2D eigenvalue weighted by atomic mass is 32.2. The van der Waals surface area contributed by atoms with Crippen molar-refractivity contribution in [3.05, 3.63) is 71.3 Å². The van der Waals surface area contributed by atoms with Crippen LogP contribution in [0.2, 0.25) is 0 Å². The van der Waals surface area contributed by atoms with Crippen LogP contribution in [0.25, 0.3) is 17.0 Å². The van der Waals surface area contributed by atoms with Crippen molar-refractivity contribution in [2.24, 2.45) is 0 Å². The number of nitrogens with zero attached hydrogens (tertiary/aromatic N) is 2. The number of hydrogen-bond acceptors (Lipinski definition) is 4. The van der Waals surface area contributed by atoms with Gasteiger partial charge in [-0.15, -0.1) is 6.42 Å². The second-order valence-corrected chi connectivity index (χ2v) is 7.78. The molecule has 2 heterocycles. The van der Waals surface area contributed by atoms with Gasteiger partial charge in [0.15, 0.2) is 0 Å². The molecule has 5 nitrogen and oxygen atoms in total. The number of fused-ring (bicyclic) bond motifs is 1. The van der Waals surface area contributed by atoms with Crippen molar-refractivity contribution in [3.63, 3.8) is 0 Å². The Balaban J connectivity index is 1.52. The van der Waals surface area contributed by atoms with Gasteiger partial charge in [-0.2, -0.15) is 0 Å². The molecular weight excluding hydrogens is 396 g/mol. The van der Waals surface area contributed by atoms with Crippen molar-refractivity contribution in [3.8, 4) is 18.1 Å². The first-order chi connectivity index (χ1) is 14.7. The summed E-state index contributed by atoms with van der Waals surface area (Å²) in [5.41, 5.74) is 1.98. The largest absolute Gasteiger partial charge is 0.494 e. The van der Waals surface area contributed by atoms with Crippen molar-refractivity contribution < 1.29 is 14.3 Å². The molecule has 0 radical (unpaired) electrons. The molecule has 0 saturated carbocycles. The van der Waals surface area contributed by atoms with E-state index in [1.54, 1.807) is 6.08 Å². The van der Waals surface area contributed by atoms with E-state index in [9.17, 15) is 9.59 Å². The van der Waals surface area contributed by atoms with E-state index in [4.69, 9.17) is 11.2 Å². The number of para-hydroxylation sites is 2. The van der Waals surface area contributed by atoms with Crippen molar-refractivity contribution in [2.75, 3.05) is 13.2 Å². The van der Waals surface area contributed by atoms with Crippen LogP contribution in [0, 0.1) is 12.3 Å². The molecule has 1 saturated heterocycles. The first-order valence-corrected chi connectivity index (χ1v) is 10.4. The van der Waals surface area contributed by atoms with Crippen molar-refractivity contribution in [2.45, 2.75) is 13.0 Å². The summed E-state index contributed by atoms with van der Waals surface area (Å²) in [5, 5.41) is 0.705. The van der Waals surface area contributed by atoms with Gasteiger partial charge >= 0.3 is 0 Å². The van der Waals surface area contributed by atoms with Crippen molar-refractivity contribution in [1.29, 1.82) is 0 Å². The van der Waals surface area contributed by atoms with Gasteiger partial charge in [0, 0.05) is 29.2 Å². The summed E-state index contributed by atoms with van der Waals surface area (Å²) in [6, 6.07) is 17.8. The van der Waals surface area contributed by atoms with E-state index in [-0.39, 0.29) is 17.7 Å². The van der Waals surface area contributed by atoms with Crippen LogP contribution in [-0.4, -0.2) is 33.8 Å². The molecule has 1 aromatic heterocycles. The third-order valence-electron chi connectivity index (χ3n) is 4.78. The van der Waals surface area contributed by atoms with Gasteiger partial charge < -0.3 is 9.30 Å². The molecule has 1 aliphatic rings. The van der Waals surface area contributed by atoms with E-state index in [0.29, 0.717) is 11.5 Å². The normalized spacial score (nSPS) is 15.2. The fourth-order valence-electron chi connectivity index (χ4n) is 3.39. The Morgan fingerprint density at radius 2 is 1.83 bits per heavy atom. The number of aromatic nitrogens is 1. The number of carbonyl (C=O) groups excluding carboxylic acids is 2. The van der Waals surface area contributed by atoms with Crippen LogP contribution in [-0.2, 0) is 11.3 Å². The smallest absolute Gasteiger partial charge is 0.294 e. The first kappa shape index (κ1) is 19.9. The molecule has 0 unspecified atom stereocenters. The second-order valence-electron chi connectivity index (χ2n) is 6.78. The number of hydrogen-bond donors (Lipinski definition) is 0. The number of carbonyl (C=O) groups is 2. The number of aryl methyl sites for hydroxylation is 1. The topological polar surface area (TPSA) is 51.5 Å². The lowest BCUT2D eigenvalue weighted by Crippen LogP contribution is -2.28. The van der Waals surface area contributed by atoms with Crippen LogP contribution >= 0.6 is 11.8 Å². The maximum atomic E-state index is 12.5. The molecule has 0 atom stereocenters. The zero-order valence-electron chi connectivity index (χ0n) is 16.3. The summed E-state index contributed by atoms with van der Waals surface area (Å²) in [7, 11) is 0. The minimum Gasteiger partial charge on any atom is -0.494 e. The lowest BCUT2D eigenvalue weighted by molar-refractivity contribution is -0.122. The third-order valence-corrected chi connectivity index (χ3v) is 5.69. The maximum Gasteiger partial charge on any atom is 0.294 e. The Kier molecular flexibility index (Phi) is 5.92. The van der Waals surface area contributed by atoms with Crippen LogP contribution in [0.4, 0.5) is 4.79 Å². The average Bonchev–Trinajstić information content (AvgIpc) is 3.25. The molecule has 4 rings (SSSR count). The molecule has 0 bridgehead atoms. The molecule has 1 fully saturated rings. The summed E-state index contributed by atoms with van der Waals surface area (Å²) in [5.74, 6) is 2.88. The number of terminal acetylenes is 1. The Hall–Kier alpha value is -3.43. The molecule has 0 N–H and O–H groups in total. The summed E-state index contributed by atoms with van der Waals surface area (Å²) >= 11 is 0.927. The van der Waals surface area contributed by atoms with Crippen LogP contribution in [0.5, 0.6) is 5.75 Å². The fraction of sp³-hybridized carbons (Fsp3) is 0.167. The standard InChI is InChI=1S/C24H20N2O3S/c1-2-13-26-23(27)22(30-24(26)28)16-18-17-25(21-12-7-6-11-20(18)21)14-8-15-29-19-9-4-3-5-10-19/h1,3-7,9-12,16-17H,8,13-15H2/b22-16-. The molecule has 6 heteroatoms. The Bertz CT molecular complexity index is 1160. The highest BCUT2D eigenvalue weighted by Crippen LogP contribution is 2.34. The Morgan fingerprint density at radius 1 is 1.07 bits per heavy atom. The van der Waals surface area contributed by atoms with Gasteiger partial charge in [0.25, 0.3) is 11.1 Å². The van der Waals surface area contributed by atoms with Crippen LogP contribution in [0.15, 0.2) is 65.7 Å². The van der Waals surface area contributed by atoms with E-state index in [2.05, 4.69) is 16.6 Å². The lowest BCUT2D eigenvalue weighted by atomic mass is 10.1. The molecular formula is C24H20N2O3S. The van der Waals surface area contributed by atoms with Gasteiger partial charge in [0.1, 0.15) is 5.75 Å². The average molecular weight is 417 g/mol. The van der Waals surface area contributed by atoms with Crippen molar-refractivity contribution in [1.82, 2.24) is 9.47 Å². The van der Waals surface area contributed by atoms with Crippen LogP contribution < -0.4 is 4.74 Å². The number of ether oxygens (including phenoxy) is 1. The number of thioether (sulfide) groups is 1. The SMILES string of the molecule is C#CCN1C(=O)S/C(=C\c2cn(CCCOc3ccccc3)c3ccccc23)C1=O. The zero-order valence-corrected chi connectivity index (χ0v) is 17.1.